The Hall–Kier alpha value is -4.08. The van der Waals surface area contributed by atoms with Gasteiger partial charge in [0, 0.05) is 60.7 Å². The van der Waals surface area contributed by atoms with Gasteiger partial charge >= 0.3 is 12.3 Å². The van der Waals surface area contributed by atoms with Crippen molar-refractivity contribution in [1.29, 1.82) is 0 Å². The number of ether oxygens (including phenoxy) is 1. The highest BCUT2D eigenvalue weighted by Crippen LogP contribution is 2.32. The Morgan fingerprint density at radius 3 is 2.42 bits per heavy atom. The quantitative estimate of drug-likeness (QED) is 0.337. The van der Waals surface area contributed by atoms with Crippen molar-refractivity contribution < 1.29 is 22.7 Å². The molecule has 0 saturated heterocycles. The van der Waals surface area contributed by atoms with Gasteiger partial charge in [0.25, 0.3) is 5.56 Å². The van der Waals surface area contributed by atoms with Gasteiger partial charge in [-0.25, -0.2) is 4.79 Å². The summed E-state index contributed by atoms with van der Waals surface area (Å²) in [6.45, 7) is 6.52. The van der Waals surface area contributed by atoms with E-state index >= 15 is 0 Å². The fourth-order valence-corrected chi connectivity index (χ4v) is 4.80. The minimum Gasteiger partial charge on any atom is -0.444 e. The molecule has 0 fully saturated rings. The second-order valence-electron chi connectivity index (χ2n) is 10.4. The molecule has 198 valence electrons. The van der Waals surface area contributed by atoms with E-state index in [4.69, 9.17) is 4.74 Å². The van der Waals surface area contributed by atoms with Crippen molar-refractivity contribution in [3.63, 3.8) is 0 Å². The summed E-state index contributed by atoms with van der Waals surface area (Å²) in [5, 5.41) is 1.00. The summed E-state index contributed by atoms with van der Waals surface area (Å²) in [4.78, 5) is 30.8. The van der Waals surface area contributed by atoms with Crippen LogP contribution in [0.5, 0.6) is 0 Å². The number of aryl methyl sites for hydroxylation is 1. The van der Waals surface area contributed by atoms with Crippen molar-refractivity contribution in [2.24, 2.45) is 7.05 Å². The zero-order valence-electron chi connectivity index (χ0n) is 21.5. The van der Waals surface area contributed by atoms with Crippen LogP contribution in [0.1, 0.15) is 37.7 Å². The Bertz CT molecular complexity index is 1600. The van der Waals surface area contributed by atoms with E-state index in [2.05, 4.69) is 9.55 Å². The van der Waals surface area contributed by atoms with Crippen LogP contribution in [-0.2, 0) is 30.9 Å². The van der Waals surface area contributed by atoms with Crippen LogP contribution in [0, 0.1) is 0 Å². The molecule has 0 bridgehead atoms. The zero-order chi connectivity index (χ0) is 27.4. The Kier molecular flexibility index (Phi) is 6.08. The normalized spacial score (nSPS) is 14.0. The van der Waals surface area contributed by atoms with Gasteiger partial charge in [0.2, 0.25) is 0 Å². The van der Waals surface area contributed by atoms with Crippen LogP contribution >= 0.6 is 0 Å². The van der Waals surface area contributed by atoms with Crippen LogP contribution in [0.15, 0.2) is 59.7 Å². The number of carbonyl (C=O) groups excluding carboxylic acids is 1. The van der Waals surface area contributed by atoms with E-state index in [9.17, 15) is 22.8 Å². The fourth-order valence-electron chi connectivity index (χ4n) is 4.80. The van der Waals surface area contributed by atoms with E-state index in [0.29, 0.717) is 36.3 Å². The van der Waals surface area contributed by atoms with Gasteiger partial charge in [-0.1, -0.05) is 12.1 Å². The number of halogens is 3. The molecule has 38 heavy (non-hydrogen) atoms. The van der Waals surface area contributed by atoms with Crippen LogP contribution in [0.2, 0.25) is 0 Å². The van der Waals surface area contributed by atoms with Crippen LogP contribution in [0.4, 0.5) is 18.0 Å². The van der Waals surface area contributed by atoms with Gasteiger partial charge in [-0.3, -0.25) is 14.3 Å². The van der Waals surface area contributed by atoms with E-state index in [-0.39, 0.29) is 11.7 Å². The highest BCUT2D eigenvalue weighted by molar-refractivity contribution is 5.88. The molecule has 5 rings (SSSR count). The standard InChI is InChI=1S/C28H27F3N4O3/c1-27(2,3)38-26(37)34-11-10-22-21(16-34)20-7-6-19(14-23(20)33(22)4)35-12-9-17(13-25(35)36)18-5-8-24(32-15-18)28(29,30)31/h5-9,12-15H,10-11,16H2,1-4H3. The molecule has 1 aliphatic heterocycles. The number of benzene rings is 1. The molecule has 1 aromatic carbocycles. The van der Waals surface area contributed by atoms with Crippen molar-refractivity contribution >= 4 is 17.0 Å². The Morgan fingerprint density at radius 2 is 1.79 bits per heavy atom. The number of pyridine rings is 2. The molecule has 0 spiro atoms. The molecule has 0 atom stereocenters. The highest BCUT2D eigenvalue weighted by atomic mass is 19.4. The number of alkyl halides is 3. The number of rotatable bonds is 2. The van der Waals surface area contributed by atoms with E-state index in [1.165, 1.54) is 16.7 Å². The van der Waals surface area contributed by atoms with E-state index in [1.807, 2.05) is 46.0 Å². The van der Waals surface area contributed by atoms with Crippen LogP contribution in [-0.4, -0.2) is 37.3 Å². The maximum atomic E-state index is 13.0. The predicted octanol–water partition coefficient (Wildman–Crippen LogP) is 5.70. The zero-order valence-corrected chi connectivity index (χ0v) is 21.5. The number of amides is 1. The molecule has 0 radical (unpaired) electrons. The second kappa shape index (κ2) is 9.04. The third-order valence-electron chi connectivity index (χ3n) is 6.63. The maximum Gasteiger partial charge on any atom is 0.433 e. The second-order valence-corrected chi connectivity index (χ2v) is 10.4. The molecular formula is C28H27F3N4O3. The lowest BCUT2D eigenvalue weighted by Crippen LogP contribution is -2.40. The van der Waals surface area contributed by atoms with Crippen molar-refractivity contribution in [2.45, 2.75) is 45.5 Å². The summed E-state index contributed by atoms with van der Waals surface area (Å²) in [6, 6.07) is 11.0. The lowest BCUT2D eigenvalue weighted by atomic mass is 10.0. The average Bonchev–Trinajstić information content (AvgIpc) is 3.13. The van der Waals surface area contributed by atoms with Gasteiger partial charge < -0.3 is 14.2 Å². The third-order valence-corrected chi connectivity index (χ3v) is 6.63. The number of aromatic nitrogens is 3. The first-order valence-corrected chi connectivity index (χ1v) is 12.2. The number of fused-ring (bicyclic) bond motifs is 3. The summed E-state index contributed by atoms with van der Waals surface area (Å²) in [5.74, 6) is 0. The highest BCUT2D eigenvalue weighted by Gasteiger charge is 2.32. The number of hydrogen-bond acceptors (Lipinski definition) is 4. The number of hydrogen-bond donors (Lipinski definition) is 0. The van der Waals surface area contributed by atoms with Gasteiger partial charge in [0.05, 0.1) is 17.7 Å². The molecule has 1 amide bonds. The minimum absolute atomic E-state index is 0.322. The summed E-state index contributed by atoms with van der Waals surface area (Å²) in [6.07, 6.45) is -1.46. The summed E-state index contributed by atoms with van der Waals surface area (Å²) >= 11 is 0. The molecule has 4 heterocycles. The van der Waals surface area contributed by atoms with Gasteiger partial charge in [-0.2, -0.15) is 13.2 Å². The molecule has 4 aromatic rings. The maximum absolute atomic E-state index is 13.0. The molecule has 0 unspecified atom stereocenters. The third kappa shape index (κ3) is 4.78. The molecule has 0 N–H and O–H groups in total. The van der Waals surface area contributed by atoms with Crippen molar-refractivity contribution in [3.8, 4) is 16.8 Å². The SMILES string of the molecule is Cn1c2c(c3ccc(-n4ccc(-c5ccc(C(F)(F)F)nc5)cc4=O)cc31)CN(C(=O)OC(C)(C)C)CC2. The molecule has 0 aliphatic carbocycles. The first-order chi connectivity index (χ1) is 17.8. The Labute approximate surface area is 217 Å². The van der Waals surface area contributed by atoms with Crippen LogP contribution in [0.25, 0.3) is 27.7 Å². The van der Waals surface area contributed by atoms with Crippen LogP contribution < -0.4 is 5.56 Å². The summed E-state index contributed by atoms with van der Waals surface area (Å²) in [5.41, 5.74) is 2.80. The smallest absolute Gasteiger partial charge is 0.433 e. The molecule has 0 saturated carbocycles. The lowest BCUT2D eigenvalue weighted by Gasteiger charge is -2.30. The van der Waals surface area contributed by atoms with Gasteiger partial charge in [-0.15, -0.1) is 0 Å². The molecule has 1 aliphatic rings. The van der Waals surface area contributed by atoms with Gasteiger partial charge in [0.1, 0.15) is 11.3 Å². The molecule has 10 heteroatoms. The summed E-state index contributed by atoms with van der Waals surface area (Å²) < 4.78 is 47.6. The Morgan fingerprint density at radius 1 is 1.03 bits per heavy atom. The number of carbonyl (C=O) groups is 1. The summed E-state index contributed by atoms with van der Waals surface area (Å²) in [7, 11) is 1.97. The van der Waals surface area contributed by atoms with E-state index in [0.717, 1.165) is 34.4 Å². The first kappa shape index (κ1) is 25.6. The van der Waals surface area contributed by atoms with Gasteiger partial charge in [-0.05, 0) is 50.6 Å². The topological polar surface area (TPSA) is 69.4 Å². The minimum atomic E-state index is -4.52. The molecule has 3 aromatic heterocycles. The lowest BCUT2D eigenvalue weighted by molar-refractivity contribution is -0.141. The predicted molar refractivity (Wildman–Crippen MR) is 137 cm³/mol. The van der Waals surface area contributed by atoms with Crippen molar-refractivity contribution in [3.05, 3.63) is 82.2 Å². The van der Waals surface area contributed by atoms with Gasteiger partial charge in [0.15, 0.2) is 0 Å². The molecule has 7 nitrogen and oxygen atoms in total. The fraction of sp³-hybridized carbons (Fsp3) is 0.321. The molecular weight excluding hydrogens is 497 g/mol. The number of nitrogens with zero attached hydrogens (tertiary/aromatic N) is 4. The monoisotopic (exact) mass is 524 g/mol. The Balaban J connectivity index is 1.44. The largest absolute Gasteiger partial charge is 0.444 e. The van der Waals surface area contributed by atoms with Crippen molar-refractivity contribution in [2.75, 3.05) is 6.54 Å². The van der Waals surface area contributed by atoms with Crippen LogP contribution in [0.3, 0.4) is 0 Å². The van der Waals surface area contributed by atoms with E-state index < -0.39 is 17.5 Å². The average molecular weight is 525 g/mol. The first-order valence-electron chi connectivity index (χ1n) is 12.2. The van der Waals surface area contributed by atoms with Crippen molar-refractivity contribution in [1.82, 2.24) is 19.0 Å². The van der Waals surface area contributed by atoms with E-state index in [1.54, 1.807) is 17.2 Å².